The molecule has 0 aromatic rings. The van der Waals surface area contributed by atoms with Crippen LogP contribution in [0, 0.1) is 16.7 Å². The van der Waals surface area contributed by atoms with Crippen molar-refractivity contribution in [2.24, 2.45) is 0 Å². The molecule has 0 saturated carbocycles. The summed E-state index contributed by atoms with van der Waals surface area (Å²) in [5.41, 5.74) is 0. The van der Waals surface area contributed by atoms with Gasteiger partial charge in [0.1, 0.15) is 6.07 Å². The van der Waals surface area contributed by atoms with Gasteiger partial charge in [-0.25, -0.2) is 0 Å². The Morgan fingerprint density at radius 2 is 2.33 bits per heavy atom. The predicted octanol–water partition coefficient (Wildman–Crippen LogP) is 0.612. The zero-order chi connectivity index (χ0) is 4.99. The van der Waals surface area contributed by atoms with Crippen molar-refractivity contribution in [2.75, 3.05) is 0 Å². The monoisotopic (exact) mass is 84.0 g/mol. The fourth-order valence-corrected chi connectivity index (χ4v) is 0.0280. The number of nitriles is 1. The van der Waals surface area contributed by atoms with Crippen LogP contribution in [0.2, 0.25) is 0 Å². The zero-order valence-corrected chi connectivity index (χ0v) is 2.83. The van der Waals surface area contributed by atoms with Crippen LogP contribution in [0.25, 0.3) is 0 Å². The quantitative estimate of drug-likeness (QED) is 0.339. The number of allylic oxidation sites excluding steroid dienone is 1. The highest BCUT2D eigenvalue weighted by Gasteiger charge is 1.78. The average molecular weight is 84.1 g/mol. The molecule has 3 heteroatoms. The first-order valence-corrected chi connectivity index (χ1v) is 1.16. The Bertz CT molecular complexity index is 126. The van der Waals surface area contributed by atoms with Crippen LogP contribution in [0.4, 0.5) is 4.39 Å². The summed E-state index contributed by atoms with van der Waals surface area (Å²) in [6.07, 6.45) is 0. The van der Waals surface area contributed by atoms with Crippen molar-refractivity contribution in [3.05, 3.63) is 5.83 Å². The standard InChI is InChI=1S/C3HFN2/c4-3(1-5)2-6/h5H. The first-order valence-electron chi connectivity index (χ1n) is 1.16. The Labute approximate surface area is 34.0 Å². The molecule has 0 aliphatic heterocycles. The Kier molecular flexibility index (Phi) is 1.73. The van der Waals surface area contributed by atoms with Gasteiger partial charge in [0.05, 0.1) is 0 Å². The number of hydrogen-bond donors (Lipinski definition) is 1. The second-order valence-electron chi connectivity index (χ2n) is 0.551. The van der Waals surface area contributed by atoms with Crippen molar-refractivity contribution in [1.82, 2.24) is 0 Å². The third-order valence-corrected chi connectivity index (χ3v) is 0.208. The maximum Gasteiger partial charge on any atom is 0.260 e. The molecule has 0 saturated heterocycles. The molecular weight excluding hydrogens is 83.0 g/mol. The third kappa shape index (κ3) is 1.22. The Balaban J connectivity index is 3.99. The Morgan fingerprint density at radius 3 is 2.33 bits per heavy atom. The highest BCUT2D eigenvalue weighted by atomic mass is 19.1. The van der Waals surface area contributed by atoms with E-state index in [2.05, 4.69) is 0 Å². The summed E-state index contributed by atoms with van der Waals surface area (Å²) < 4.78 is 11.1. The highest BCUT2D eigenvalue weighted by molar-refractivity contribution is 5.56. The summed E-state index contributed by atoms with van der Waals surface area (Å²) in [6.45, 7) is 0. The van der Waals surface area contributed by atoms with E-state index in [4.69, 9.17) is 10.7 Å². The van der Waals surface area contributed by atoms with Gasteiger partial charge in [0, 0.05) is 5.87 Å². The lowest BCUT2D eigenvalue weighted by molar-refractivity contribution is 0.683. The molecule has 30 valence electrons. The molecule has 0 aromatic carbocycles. The number of nitrogens with zero attached hydrogens (tertiary/aromatic N) is 1. The molecule has 0 spiro atoms. The van der Waals surface area contributed by atoms with Gasteiger partial charge in [-0.05, 0) is 0 Å². The fourth-order valence-electron chi connectivity index (χ4n) is 0.0280. The SMILES string of the molecule is N#CC(F)=C=N. The molecule has 0 rings (SSSR count). The number of hydrogen-bond acceptors (Lipinski definition) is 2. The second-order valence-corrected chi connectivity index (χ2v) is 0.551. The maximum atomic E-state index is 11.1. The molecular formula is C3HFN2. The average Bonchev–Trinajstić information content (AvgIpc) is 1.65. The van der Waals surface area contributed by atoms with E-state index in [0.29, 0.717) is 0 Å². The topological polar surface area (TPSA) is 47.6 Å². The molecule has 0 aliphatic carbocycles. The van der Waals surface area contributed by atoms with E-state index in [0.717, 1.165) is 6.07 Å². The van der Waals surface area contributed by atoms with Gasteiger partial charge in [-0.3, -0.25) is 5.41 Å². The van der Waals surface area contributed by atoms with E-state index >= 15 is 0 Å². The van der Waals surface area contributed by atoms with Gasteiger partial charge in [-0.1, -0.05) is 0 Å². The molecule has 0 aliphatic rings. The number of rotatable bonds is 0. The largest absolute Gasteiger partial charge is 0.260 e. The van der Waals surface area contributed by atoms with E-state index in [1.807, 2.05) is 0 Å². The van der Waals surface area contributed by atoms with E-state index in [-0.39, 0.29) is 0 Å². The van der Waals surface area contributed by atoms with Crippen LogP contribution in [0.5, 0.6) is 0 Å². The molecule has 0 bridgehead atoms. The van der Waals surface area contributed by atoms with Crippen molar-refractivity contribution >= 4 is 5.87 Å². The molecule has 0 fully saturated rings. The predicted molar refractivity (Wildman–Crippen MR) is 18.0 cm³/mol. The van der Waals surface area contributed by atoms with Gasteiger partial charge < -0.3 is 0 Å². The maximum absolute atomic E-state index is 11.1. The lowest BCUT2D eigenvalue weighted by atomic mass is 10.7. The van der Waals surface area contributed by atoms with Crippen molar-refractivity contribution in [3.8, 4) is 6.07 Å². The Hall–Kier alpha value is -1.13. The van der Waals surface area contributed by atoms with Gasteiger partial charge in [0.25, 0.3) is 5.83 Å². The summed E-state index contributed by atoms with van der Waals surface area (Å²) in [6, 6.07) is 1.07. The molecule has 0 heterocycles. The number of halogens is 1. The lowest BCUT2D eigenvalue weighted by Gasteiger charge is -1.56. The molecule has 6 heavy (non-hydrogen) atoms. The molecule has 0 radical (unpaired) electrons. The lowest BCUT2D eigenvalue weighted by Crippen LogP contribution is -1.58. The van der Waals surface area contributed by atoms with Crippen molar-refractivity contribution in [2.45, 2.75) is 0 Å². The minimum Gasteiger partial charge on any atom is -0.256 e. The minimum atomic E-state index is -1.19. The fraction of sp³-hybridized carbons (Fsp3) is 0. The van der Waals surface area contributed by atoms with Crippen molar-refractivity contribution in [3.63, 3.8) is 0 Å². The van der Waals surface area contributed by atoms with Gasteiger partial charge in [-0.2, -0.15) is 9.65 Å². The smallest absolute Gasteiger partial charge is 0.256 e. The minimum absolute atomic E-state index is 1.07. The first kappa shape index (κ1) is 4.87. The van der Waals surface area contributed by atoms with Gasteiger partial charge >= 0.3 is 0 Å². The highest BCUT2D eigenvalue weighted by Crippen LogP contribution is 1.79. The van der Waals surface area contributed by atoms with Crippen LogP contribution in [0.3, 0.4) is 0 Å². The molecule has 0 amide bonds. The van der Waals surface area contributed by atoms with E-state index < -0.39 is 5.83 Å². The normalized spacial score (nSPS) is 5.33. The van der Waals surface area contributed by atoms with Crippen LogP contribution < -0.4 is 0 Å². The van der Waals surface area contributed by atoms with Gasteiger partial charge in [-0.15, -0.1) is 0 Å². The van der Waals surface area contributed by atoms with Crippen LogP contribution in [-0.4, -0.2) is 5.87 Å². The Morgan fingerprint density at radius 1 is 1.83 bits per heavy atom. The molecule has 2 nitrogen and oxygen atoms in total. The van der Waals surface area contributed by atoms with Crippen molar-refractivity contribution in [1.29, 1.82) is 10.7 Å². The summed E-state index contributed by atoms with van der Waals surface area (Å²) in [5.74, 6) is 0.0683. The summed E-state index contributed by atoms with van der Waals surface area (Å²) >= 11 is 0. The van der Waals surface area contributed by atoms with Crippen LogP contribution in [0.1, 0.15) is 0 Å². The molecule has 1 N–H and O–H groups in total. The van der Waals surface area contributed by atoms with Crippen LogP contribution >= 0.6 is 0 Å². The summed E-state index contributed by atoms with van der Waals surface area (Å²) in [5, 5.41) is 13.4. The zero-order valence-electron chi connectivity index (χ0n) is 2.83. The van der Waals surface area contributed by atoms with Gasteiger partial charge in [0.15, 0.2) is 0 Å². The van der Waals surface area contributed by atoms with E-state index in [1.54, 1.807) is 0 Å². The van der Waals surface area contributed by atoms with Gasteiger partial charge in [0.2, 0.25) is 0 Å². The van der Waals surface area contributed by atoms with Crippen LogP contribution in [-0.2, 0) is 0 Å². The second kappa shape index (κ2) is 2.13. The molecule has 0 atom stereocenters. The third-order valence-electron chi connectivity index (χ3n) is 0.208. The first-order chi connectivity index (χ1) is 2.81. The van der Waals surface area contributed by atoms with Crippen molar-refractivity contribution < 1.29 is 4.39 Å². The van der Waals surface area contributed by atoms with E-state index in [9.17, 15) is 4.39 Å². The molecule has 0 unspecified atom stereocenters. The summed E-state index contributed by atoms with van der Waals surface area (Å²) in [7, 11) is 0. The molecule has 0 aromatic heterocycles. The van der Waals surface area contributed by atoms with E-state index in [1.165, 1.54) is 5.87 Å². The summed E-state index contributed by atoms with van der Waals surface area (Å²) in [4.78, 5) is 0. The van der Waals surface area contributed by atoms with Crippen LogP contribution in [0.15, 0.2) is 5.83 Å². The number of nitrogens with one attached hydrogen (secondary N) is 1.